The standard InChI is InChI=1S/C19H20N2O5.C2H2O4/c22-14(15-6-3-11-24-15)12-20-7-9-21(10-8-20)19(23)18-13-25-16-4-1-2-5-17(16)26-18;3-1(4)2(5)6/h1-6,11,18H,7-10,12-13H2;(H,3,4)(H,5,6). The first-order valence-corrected chi connectivity index (χ1v) is 9.77. The van der Waals surface area contributed by atoms with E-state index in [1.54, 1.807) is 23.1 Å². The van der Waals surface area contributed by atoms with Crippen LogP contribution in [0.1, 0.15) is 10.6 Å². The number of carboxylic acid groups (broad SMARTS) is 2. The number of hydrogen-bond acceptors (Lipinski definition) is 8. The van der Waals surface area contributed by atoms with Crippen molar-refractivity contribution in [2.75, 3.05) is 39.3 Å². The van der Waals surface area contributed by atoms with Gasteiger partial charge in [-0.15, -0.1) is 0 Å². The zero-order chi connectivity index (χ0) is 23.1. The molecular formula is C21H22N2O9. The van der Waals surface area contributed by atoms with Crippen LogP contribution in [0.4, 0.5) is 0 Å². The zero-order valence-corrected chi connectivity index (χ0v) is 17.0. The Morgan fingerprint density at radius 1 is 0.906 bits per heavy atom. The average Bonchev–Trinajstić information content (AvgIpc) is 3.34. The molecule has 2 aromatic rings. The summed E-state index contributed by atoms with van der Waals surface area (Å²) in [6, 6.07) is 10.7. The number of amides is 1. The van der Waals surface area contributed by atoms with Crippen molar-refractivity contribution < 1.29 is 43.3 Å². The van der Waals surface area contributed by atoms with E-state index < -0.39 is 18.0 Å². The summed E-state index contributed by atoms with van der Waals surface area (Å²) < 4.78 is 16.5. The van der Waals surface area contributed by atoms with E-state index in [-0.39, 0.29) is 18.3 Å². The molecule has 1 fully saturated rings. The smallest absolute Gasteiger partial charge is 0.414 e. The molecule has 2 aliphatic heterocycles. The third kappa shape index (κ3) is 5.85. The van der Waals surface area contributed by atoms with Crippen molar-refractivity contribution in [3.63, 3.8) is 0 Å². The van der Waals surface area contributed by atoms with E-state index in [2.05, 4.69) is 0 Å². The number of hydrogen-bond donors (Lipinski definition) is 2. The lowest BCUT2D eigenvalue weighted by Crippen LogP contribution is -2.54. The number of ketones is 1. The van der Waals surface area contributed by atoms with Crippen molar-refractivity contribution in [1.29, 1.82) is 0 Å². The Labute approximate surface area is 182 Å². The number of benzene rings is 1. The van der Waals surface area contributed by atoms with E-state index in [1.165, 1.54) is 6.26 Å². The number of furan rings is 1. The number of aliphatic carboxylic acids is 2. The first kappa shape index (κ1) is 22.8. The summed E-state index contributed by atoms with van der Waals surface area (Å²) in [6.07, 6.45) is 0.870. The van der Waals surface area contributed by atoms with Crippen molar-refractivity contribution in [3.05, 3.63) is 48.4 Å². The molecule has 1 saturated heterocycles. The predicted octanol–water partition coefficient (Wildman–Crippen LogP) is 0.602. The van der Waals surface area contributed by atoms with Crippen LogP contribution < -0.4 is 9.47 Å². The number of para-hydroxylation sites is 2. The third-order valence-electron chi connectivity index (χ3n) is 4.81. The Kier molecular flexibility index (Phi) is 7.45. The highest BCUT2D eigenvalue weighted by molar-refractivity contribution is 6.27. The van der Waals surface area contributed by atoms with E-state index in [9.17, 15) is 9.59 Å². The number of carbonyl (C=O) groups excluding carboxylic acids is 2. The van der Waals surface area contributed by atoms with Gasteiger partial charge in [-0.25, -0.2) is 9.59 Å². The molecule has 11 heteroatoms. The molecule has 4 rings (SSSR count). The van der Waals surface area contributed by atoms with Gasteiger partial charge in [0.05, 0.1) is 12.8 Å². The summed E-state index contributed by atoms with van der Waals surface area (Å²) >= 11 is 0. The zero-order valence-electron chi connectivity index (χ0n) is 17.0. The summed E-state index contributed by atoms with van der Waals surface area (Å²) in [5.41, 5.74) is 0. The normalized spacial score (nSPS) is 17.6. The second kappa shape index (κ2) is 10.4. The van der Waals surface area contributed by atoms with Crippen LogP contribution in [0.3, 0.4) is 0 Å². The largest absolute Gasteiger partial charge is 0.485 e. The van der Waals surface area contributed by atoms with E-state index in [4.69, 9.17) is 33.7 Å². The van der Waals surface area contributed by atoms with Gasteiger partial charge in [0.1, 0.15) is 6.61 Å². The van der Waals surface area contributed by atoms with Crippen LogP contribution in [0.15, 0.2) is 47.1 Å². The fourth-order valence-electron chi connectivity index (χ4n) is 3.19. The molecule has 1 aromatic carbocycles. The van der Waals surface area contributed by atoms with Gasteiger partial charge < -0.3 is 29.0 Å². The SMILES string of the molecule is O=C(CN1CCN(C(=O)C2COc3ccccc3O2)CC1)c1ccco1.O=C(O)C(=O)O. The van der Waals surface area contributed by atoms with Gasteiger partial charge in [-0.3, -0.25) is 14.5 Å². The topological polar surface area (TPSA) is 147 Å². The number of carbonyl (C=O) groups is 4. The van der Waals surface area contributed by atoms with Crippen LogP contribution in [0.2, 0.25) is 0 Å². The molecule has 2 N–H and O–H groups in total. The summed E-state index contributed by atoms with van der Waals surface area (Å²) in [4.78, 5) is 46.8. The van der Waals surface area contributed by atoms with Gasteiger partial charge in [-0.2, -0.15) is 0 Å². The molecule has 1 aromatic heterocycles. The number of ether oxygens (including phenoxy) is 2. The van der Waals surface area contributed by atoms with Crippen LogP contribution in [-0.4, -0.2) is 89.1 Å². The van der Waals surface area contributed by atoms with Crippen LogP contribution >= 0.6 is 0 Å². The molecule has 0 spiro atoms. The highest BCUT2D eigenvalue weighted by atomic mass is 16.6. The second-order valence-corrected chi connectivity index (χ2v) is 6.98. The van der Waals surface area contributed by atoms with Gasteiger partial charge >= 0.3 is 11.9 Å². The summed E-state index contributed by atoms with van der Waals surface area (Å²) in [5, 5.41) is 14.8. The molecule has 0 aliphatic carbocycles. The number of carboxylic acids is 2. The Morgan fingerprint density at radius 2 is 1.56 bits per heavy atom. The van der Waals surface area contributed by atoms with Crippen molar-refractivity contribution >= 4 is 23.6 Å². The van der Waals surface area contributed by atoms with Crippen molar-refractivity contribution in [2.24, 2.45) is 0 Å². The van der Waals surface area contributed by atoms with Crippen LogP contribution in [0.25, 0.3) is 0 Å². The van der Waals surface area contributed by atoms with Gasteiger partial charge in [0.2, 0.25) is 11.9 Å². The number of rotatable bonds is 4. The lowest BCUT2D eigenvalue weighted by molar-refractivity contribution is -0.159. The monoisotopic (exact) mass is 446 g/mol. The van der Waals surface area contributed by atoms with Gasteiger partial charge in [0.15, 0.2) is 17.3 Å². The molecule has 11 nitrogen and oxygen atoms in total. The third-order valence-corrected chi connectivity index (χ3v) is 4.81. The minimum Gasteiger partial charge on any atom is -0.485 e. The van der Waals surface area contributed by atoms with E-state index in [0.29, 0.717) is 50.0 Å². The highest BCUT2D eigenvalue weighted by Crippen LogP contribution is 2.31. The Balaban J connectivity index is 0.000000427. The molecule has 3 heterocycles. The van der Waals surface area contributed by atoms with E-state index >= 15 is 0 Å². The number of Topliss-reactive ketones (excluding diaryl/α,β-unsaturated/α-hetero) is 1. The molecule has 0 bridgehead atoms. The Bertz CT molecular complexity index is 953. The molecule has 1 unspecified atom stereocenters. The molecule has 2 aliphatic rings. The van der Waals surface area contributed by atoms with E-state index in [1.807, 2.05) is 23.1 Å². The fourth-order valence-corrected chi connectivity index (χ4v) is 3.19. The molecule has 1 amide bonds. The summed E-state index contributed by atoms with van der Waals surface area (Å²) in [5.74, 6) is -2.13. The molecule has 1 atom stereocenters. The number of nitrogens with zero attached hydrogens (tertiary/aromatic N) is 2. The molecule has 32 heavy (non-hydrogen) atoms. The quantitative estimate of drug-likeness (QED) is 0.505. The first-order valence-electron chi connectivity index (χ1n) is 9.77. The maximum absolute atomic E-state index is 12.7. The van der Waals surface area contributed by atoms with Gasteiger partial charge in [0.25, 0.3) is 5.91 Å². The number of piperazine rings is 1. The second-order valence-electron chi connectivity index (χ2n) is 6.98. The lowest BCUT2D eigenvalue weighted by Gasteiger charge is -2.36. The van der Waals surface area contributed by atoms with Crippen LogP contribution in [-0.2, 0) is 14.4 Å². The summed E-state index contributed by atoms with van der Waals surface area (Å²) in [6.45, 7) is 2.92. The van der Waals surface area contributed by atoms with Crippen LogP contribution in [0.5, 0.6) is 11.5 Å². The van der Waals surface area contributed by atoms with Gasteiger partial charge in [-0.1, -0.05) is 12.1 Å². The Hall–Kier alpha value is -3.86. The lowest BCUT2D eigenvalue weighted by atomic mass is 10.2. The predicted molar refractivity (Wildman–Crippen MR) is 108 cm³/mol. The fraction of sp³-hybridized carbons (Fsp3) is 0.333. The highest BCUT2D eigenvalue weighted by Gasteiger charge is 2.33. The van der Waals surface area contributed by atoms with Crippen molar-refractivity contribution in [3.8, 4) is 11.5 Å². The van der Waals surface area contributed by atoms with Crippen molar-refractivity contribution in [2.45, 2.75) is 6.10 Å². The maximum atomic E-state index is 12.7. The molecule has 0 radical (unpaired) electrons. The minimum absolute atomic E-state index is 0.0459. The first-order chi connectivity index (χ1) is 15.3. The van der Waals surface area contributed by atoms with E-state index in [0.717, 1.165) is 0 Å². The molecule has 0 saturated carbocycles. The van der Waals surface area contributed by atoms with Gasteiger partial charge in [-0.05, 0) is 24.3 Å². The number of fused-ring (bicyclic) bond motifs is 1. The minimum atomic E-state index is -1.82. The Morgan fingerprint density at radius 3 is 2.16 bits per heavy atom. The van der Waals surface area contributed by atoms with Gasteiger partial charge in [0, 0.05) is 26.2 Å². The average molecular weight is 446 g/mol. The summed E-state index contributed by atoms with van der Waals surface area (Å²) in [7, 11) is 0. The van der Waals surface area contributed by atoms with Crippen molar-refractivity contribution in [1.82, 2.24) is 9.80 Å². The molecule has 170 valence electrons. The maximum Gasteiger partial charge on any atom is 0.414 e. The van der Waals surface area contributed by atoms with Crippen LogP contribution in [0, 0.1) is 0 Å². The molecular weight excluding hydrogens is 424 g/mol.